The number of aromatic nitrogens is 2. The van der Waals surface area contributed by atoms with Gasteiger partial charge in [-0.25, -0.2) is 9.78 Å². The maximum atomic E-state index is 12.6. The summed E-state index contributed by atoms with van der Waals surface area (Å²) in [7, 11) is 3.36. The molecule has 11 heteroatoms. The van der Waals surface area contributed by atoms with Crippen LogP contribution in [0.3, 0.4) is 0 Å². The summed E-state index contributed by atoms with van der Waals surface area (Å²) in [6.07, 6.45) is 6.54. The number of primary amides is 1. The van der Waals surface area contributed by atoms with E-state index < -0.39 is 12.2 Å². The fourth-order valence-electron chi connectivity index (χ4n) is 5.58. The van der Waals surface area contributed by atoms with Crippen LogP contribution in [0.2, 0.25) is 5.02 Å². The third-order valence-corrected chi connectivity index (χ3v) is 7.96. The molecule has 1 aromatic heterocycles. The highest BCUT2D eigenvalue weighted by Crippen LogP contribution is 2.45. The quantitative estimate of drug-likeness (QED) is 0.473. The highest BCUT2D eigenvalue weighted by Gasteiger charge is 2.47. The zero-order valence-corrected chi connectivity index (χ0v) is 22.0. The molecule has 0 radical (unpaired) electrons. The molecule has 0 spiro atoms. The third-order valence-electron chi connectivity index (χ3n) is 7.68. The number of nitrogens with zero attached hydrogens (tertiary/aromatic N) is 3. The Morgan fingerprint density at radius 3 is 2.76 bits per heavy atom. The Morgan fingerprint density at radius 2 is 2.03 bits per heavy atom. The molecule has 1 fully saturated rings. The van der Waals surface area contributed by atoms with Crippen LogP contribution in [0, 0.1) is 11.8 Å². The minimum Gasteiger partial charge on any atom is -0.494 e. The van der Waals surface area contributed by atoms with E-state index in [1.807, 2.05) is 12.1 Å². The molecular formula is C26H31ClN6O4. The van der Waals surface area contributed by atoms with Gasteiger partial charge in [0.15, 0.2) is 5.82 Å². The molecule has 37 heavy (non-hydrogen) atoms. The Morgan fingerprint density at radius 1 is 1.27 bits per heavy atom. The van der Waals surface area contributed by atoms with Crippen LogP contribution in [0.5, 0.6) is 5.75 Å². The van der Waals surface area contributed by atoms with Crippen molar-refractivity contribution in [2.75, 3.05) is 29.7 Å². The molecule has 10 nitrogen and oxygen atoms in total. The van der Waals surface area contributed by atoms with E-state index in [2.05, 4.69) is 46.6 Å². The highest BCUT2D eigenvalue weighted by molar-refractivity contribution is 6.32. The Kier molecular flexibility index (Phi) is 6.39. The van der Waals surface area contributed by atoms with Crippen molar-refractivity contribution in [1.29, 1.82) is 0 Å². The molecule has 1 aromatic carbocycles. The zero-order chi connectivity index (χ0) is 26.5. The number of amides is 2. The lowest BCUT2D eigenvalue weighted by atomic mass is 9.80. The number of hydrogen-bond donors (Lipinski definition) is 3. The van der Waals surface area contributed by atoms with E-state index in [1.54, 1.807) is 19.1 Å². The summed E-state index contributed by atoms with van der Waals surface area (Å²) in [6.45, 7) is 4.26. The van der Waals surface area contributed by atoms with Crippen LogP contribution in [-0.4, -0.2) is 48.3 Å². The van der Waals surface area contributed by atoms with E-state index in [4.69, 9.17) is 26.8 Å². The van der Waals surface area contributed by atoms with E-state index in [0.717, 1.165) is 24.1 Å². The molecule has 1 aliphatic heterocycles. The summed E-state index contributed by atoms with van der Waals surface area (Å²) in [5.41, 5.74) is 7.60. The van der Waals surface area contributed by atoms with Gasteiger partial charge in [0.1, 0.15) is 16.9 Å². The van der Waals surface area contributed by atoms with Gasteiger partial charge in [0.05, 0.1) is 30.7 Å². The number of ether oxygens (including phenoxy) is 2. The number of carbonyl (C=O) groups excluding carboxylic acids is 2. The summed E-state index contributed by atoms with van der Waals surface area (Å²) in [4.78, 5) is 34.7. The number of methoxy groups -OCH3 is 1. The second-order valence-electron chi connectivity index (χ2n) is 10.4. The van der Waals surface area contributed by atoms with Gasteiger partial charge in [-0.1, -0.05) is 37.6 Å². The SMILES string of the molecule is COc1cc2c(cc1Nc1ncc(Cl)c(N[C@H]3[C@@H](OC(N)=O)[C@@H]4C=C[C@H]3C4)n1)C(C)(C)CCC(=O)N2C. The fourth-order valence-corrected chi connectivity index (χ4v) is 5.72. The maximum absolute atomic E-state index is 12.6. The number of rotatable bonds is 6. The van der Waals surface area contributed by atoms with Gasteiger partial charge in [0.25, 0.3) is 0 Å². The first kappa shape index (κ1) is 25.1. The number of halogens is 1. The summed E-state index contributed by atoms with van der Waals surface area (Å²) >= 11 is 6.44. The Balaban J connectivity index is 1.45. The van der Waals surface area contributed by atoms with Gasteiger partial charge in [-0.2, -0.15) is 4.98 Å². The van der Waals surface area contributed by atoms with Gasteiger partial charge < -0.3 is 30.7 Å². The number of benzene rings is 1. The van der Waals surface area contributed by atoms with Gasteiger partial charge in [-0.05, 0) is 29.9 Å². The Bertz CT molecular complexity index is 1280. The van der Waals surface area contributed by atoms with Crippen LogP contribution < -0.4 is 26.0 Å². The molecule has 2 bridgehead atoms. The monoisotopic (exact) mass is 526 g/mol. The van der Waals surface area contributed by atoms with Crippen molar-refractivity contribution < 1.29 is 19.1 Å². The fraction of sp³-hybridized carbons (Fsp3) is 0.462. The Labute approximate surface area is 220 Å². The van der Waals surface area contributed by atoms with Crippen molar-refractivity contribution in [2.24, 2.45) is 17.6 Å². The molecule has 3 aliphatic rings. The smallest absolute Gasteiger partial charge is 0.404 e. The number of nitrogens with two attached hydrogens (primary N) is 1. The summed E-state index contributed by atoms with van der Waals surface area (Å²) in [5.74, 6) is 1.63. The molecule has 0 unspecified atom stereocenters. The van der Waals surface area contributed by atoms with Crippen molar-refractivity contribution in [1.82, 2.24) is 9.97 Å². The summed E-state index contributed by atoms with van der Waals surface area (Å²) < 4.78 is 11.1. The standard InChI is InChI=1S/C26H31ClN6O4/c1-26(2)8-7-20(34)33(3)18-11-19(36-4)17(10-15(18)26)30-25-29-12-16(27)23(32-25)31-21-13-5-6-14(9-13)22(21)37-24(28)35/h5-6,10-14,21-22H,7-9H2,1-4H3,(H2,28,35)(H2,29,30,31,32)/t13-,14+,21+,22-/m0/s1. The minimum atomic E-state index is -0.806. The van der Waals surface area contributed by atoms with Crippen LogP contribution in [0.25, 0.3) is 0 Å². The molecule has 5 rings (SSSR count). The molecule has 2 aromatic rings. The van der Waals surface area contributed by atoms with Gasteiger partial charge in [-0.15, -0.1) is 0 Å². The Hall–Kier alpha value is -3.53. The average Bonchev–Trinajstić information content (AvgIpc) is 3.44. The predicted octanol–water partition coefficient (Wildman–Crippen LogP) is 4.37. The first-order valence-corrected chi connectivity index (χ1v) is 12.6. The molecular weight excluding hydrogens is 496 g/mol. The lowest BCUT2D eigenvalue weighted by Crippen LogP contribution is -2.41. The normalized spacial score (nSPS) is 25.4. The van der Waals surface area contributed by atoms with Crippen molar-refractivity contribution in [3.8, 4) is 5.75 Å². The molecule has 2 amide bonds. The summed E-state index contributed by atoms with van der Waals surface area (Å²) in [6, 6.07) is 3.65. The zero-order valence-electron chi connectivity index (χ0n) is 21.2. The minimum absolute atomic E-state index is 0.0698. The van der Waals surface area contributed by atoms with Crippen LogP contribution in [-0.2, 0) is 14.9 Å². The van der Waals surface area contributed by atoms with Gasteiger partial charge in [-0.3, -0.25) is 4.79 Å². The first-order chi connectivity index (χ1) is 17.6. The predicted molar refractivity (Wildman–Crippen MR) is 142 cm³/mol. The van der Waals surface area contributed by atoms with Crippen LogP contribution in [0.1, 0.15) is 38.7 Å². The lowest BCUT2D eigenvalue weighted by molar-refractivity contribution is -0.118. The van der Waals surface area contributed by atoms with Gasteiger partial charge in [0.2, 0.25) is 11.9 Å². The largest absolute Gasteiger partial charge is 0.494 e. The van der Waals surface area contributed by atoms with Crippen LogP contribution in [0.15, 0.2) is 30.5 Å². The van der Waals surface area contributed by atoms with Gasteiger partial charge >= 0.3 is 6.09 Å². The number of hydrogen-bond acceptors (Lipinski definition) is 8. The number of carbonyl (C=O) groups is 2. The van der Waals surface area contributed by atoms with Crippen molar-refractivity contribution >= 4 is 46.7 Å². The molecule has 4 atom stereocenters. The number of fused-ring (bicyclic) bond motifs is 3. The van der Waals surface area contributed by atoms with E-state index >= 15 is 0 Å². The second-order valence-corrected chi connectivity index (χ2v) is 10.8. The van der Waals surface area contributed by atoms with E-state index in [1.165, 1.54) is 6.20 Å². The third kappa shape index (κ3) is 4.66. The van der Waals surface area contributed by atoms with Crippen molar-refractivity contribution in [3.63, 3.8) is 0 Å². The average molecular weight is 527 g/mol. The molecule has 0 saturated heterocycles. The van der Waals surface area contributed by atoms with Gasteiger partial charge in [0, 0.05) is 31.4 Å². The van der Waals surface area contributed by atoms with E-state index in [-0.39, 0.29) is 29.2 Å². The van der Waals surface area contributed by atoms with E-state index in [0.29, 0.717) is 34.6 Å². The number of anilines is 4. The molecule has 4 N–H and O–H groups in total. The topological polar surface area (TPSA) is 132 Å². The van der Waals surface area contributed by atoms with Crippen LogP contribution in [0.4, 0.5) is 27.9 Å². The molecule has 1 saturated carbocycles. The molecule has 2 heterocycles. The van der Waals surface area contributed by atoms with Crippen LogP contribution >= 0.6 is 11.6 Å². The first-order valence-electron chi connectivity index (χ1n) is 12.3. The van der Waals surface area contributed by atoms with E-state index in [9.17, 15) is 9.59 Å². The van der Waals surface area contributed by atoms with Crippen molar-refractivity contribution in [3.05, 3.63) is 41.1 Å². The molecule has 196 valence electrons. The lowest BCUT2D eigenvalue weighted by Gasteiger charge is -2.29. The highest BCUT2D eigenvalue weighted by atomic mass is 35.5. The summed E-state index contributed by atoms with van der Waals surface area (Å²) in [5, 5.41) is 6.95. The second kappa shape index (κ2) is 9.41. The number of nitrogens with one attached hydrogen (secondary N) is 2. The molecule has 2 aliphatic carbocycles. The van der Waals surface area contributed by atoms with Crippen molar-refractivity contribution in [2.45, 2.75) is 50.7 Å². The maximum Gasteiger partial charge on any atom is 0.404 e.